The summed E-state index contributed by atoms with van der Waals surface area (Å²) in [5.41, 5.74) is 0. The van der Waals surface area contributed by atoms with E-state index in [0.29, 0.717) is 0 Å². The zero-order valence-electron chi connectivity index (χ0n) is 7.35. The Labute approximate surface area is 72.4 Å². The average Bonchev–Trinajstić information content (AvgIpc) is 1.99. The van der Waals surface area contributed by atoms with Crippen LogP contribution in [0.15, 0.2) is 0 Å². The van der Waals surface area contributed by atoms with Gasteiger partial charge in [0.15, 0.2) is 14.7 Å². The van der Waals surface area contributed by atoms with Crippen molar-refractivity contribution in [3.63, 3.8) is 0 Å². The topological polar surface area (TPSA) is 9.23 Å². The highest BCUT2D eigenvalue weighted by atomic mass is 29.2. The maximum Gasteiger partial charge on any atom is 0.223 e. The summed E-state index contributed by atoms with van der Waals surface area (Å²) in [5, 5.41) is 0. The summed E-state index contributed by atoms with van der Waals surface area (Å²) < 4.78 is 43.5. The summed E-state index contributed by atoms with van der Waals surface area (Å²) in [5.74, 6) is -1.59. The van der Waals surface area contributed by atoms with Crippen molar-refractivity contribution in [2.45, 2.75) is 38.0 Å². The minimum absolute atomic E-state index is 1.59. The second-order valence-corrected chi connectivity index (χ2v) is 16.5. The molecule has 0 saturated carbocycles. The van der Waals surface area contributed by atoms with E-state index < -0.39 is 34.5 Å². The molecule has 0 aromatic carbocycles. The quantitative estimate of drug-likeness (QED) is 0.557. The number of halogens is 3. The van der Waals surface area contributed by atoms with E-state index in [9.17, 15) is 13.2 Å². The van der Waals surface area contributed by atoms with Gasteiger partial charge in [-0.25, -0.2) is 13.2 Å². The molecule has 1 fully saturated rings. The summed E-state index contributed by atoms with van der Waals surface area (Å²) >= 11 is 0. The van der Waals surface area contributed by atoms with E-state index >= 15 is 0 Å². The lowest BCUT2D eigenvalue weighted by molar-refractivity contribution is -0.0329. The van der Waals surface area contributed by atoms with Crippen molar-refractivity contribution in [2.75, 3.05) is 0 Å². The second-order valence-electron chi connectivity index (χ2n) is 3.80. The third-order valence-corrected chi connectivity index (χ3v) is 14.8. The SMILES string of the molecule is C[SiH]1OC(F)C(F)C(F)[Si]1(C)C. The lowest BCUT2D eigenvalue weighted by Gasteiger charge is -2.39. The molecule has 0 aromatic rings. The van der Waals surface area contributed by atoms with Crippen LogP contribution in [0.1, 0.15) is 0 Å². The van der Waals surface area contributed by atoms with Crippen LogP contribution >= 0.6 is 0 Å². The van der Waals surface area contributed by atoms with Crippen LogP contribution < -0.4 is 0 Å². The molecule has 0 aromatic heterocycles. The first-order valence-electron chi connectivity index (χ1n) is 3.95. The molecule has 0 N–H and O–H groups in total. The van der Waals surface area contributed by atoms with Crippen molar-refractivity contribution < 1.29 is 17.6 Å². The van der Waals surface area contributed by atoms with Gasteiger partial charge in [0, 0.05) is 0 Å². The first-order valence-corrected chi connectivity index (χ1v) is 10.5. The molecule has 4 unspecified atom stereocenters. The van der Waals surface area contributed by atoms with Crippen LogP contribution in [0.3, 0.4) is 0 Å². The number of hydrogen-bond acceptors (Lipinski definition) is 1. The Morgan fingerprint density at radius 1 is 1.25 bits per heavy atom. The maximum atomic E-state index is 13.3. The van der Waals surface area contributed by atoms with Gasteiger partial charge in [-0.2, -0.15) is 0 Å². The summed E-state index contributed by atoms with van der Waals surface area (Å²) in [6, 6.07) is 0. The summed E-state index contributed by atoms with van der Waals surface area (Å²) in [6.45, 7) is 5.21. The Morgan fingerprint density at radius 2 is 1.75 bits per heavy atom. The molecule has 12 heavy (non-hydrogen) atoms. The molecule has 0 amide bonds. The molecule has 0 aliphatic carbocycles. The van der Waals surface area contributed by atoms with E-state index in [1.165, 1.54) is 0 Å². The van der Waals surface area contributed by atoms with Gasteiger partial charge in [0.1, 0.15) is 13.4 Å². The van der Waals surface area contributed by atoms with E-state index in [1.54, 1.807) is 19.6 Å². The molecule has 4 atom stereocenters. The highest BCUT2D eigenvalue weighted by Crippen LogP contribution is 2.30. The van der Waals surface area contributed by atoms with E-state index in [1.807, 2.05) is 0 Å². The minimum Gasteiger partial charge on any atom is -0.393 e. The standard InChI is InChI=1S/C6H13F3OSi2/c1-11-10-5(8)4(7)6(9)12(11,2)3/h4-6,11H,1-3H3. The molecule has 1 heterocycles. The highest BCUT2D eigenvalue weighted by molar-refractivity contribution is 7.30. The van der Waals surface area contributed by atoms with E-state index in [4.69, 9.17) is 4.43 Å². The van der Waals surface area contributed by atoms with Gasteiger partial charge < -0.3 is 4.43 Å². The normalized spacial score (nSPS) is 47.5. The van der Waals surface area contributed by atoms with Gasteiger partial charge in [0.2, 0.25) is 6.36 Å². The fraction of sp³-hybridized carbons (Fsp3) is 1.00. The minimum atomic E-state index is -2.27. The highest BCUT2D eigenvalue weighted by Gasteiger charge is 2.52. The lowest BCUT2D eigenvalue weighted by Crippen LogP contribution is -2.64. The second kappa shape index (κ2) is 3.15. The van der Waals surface area contributed by atoms with Crippen molar-refractivity contribution in [1.29, 1.82) is 0 Å². The first-order chi connectivity index (χ1) is 5.37. The molecule has 0 spiro atoms. The molecule has 1 rings (SSSR count). The molecule has 6 heteroatoms. The van der Waals surface area contributed by atoms with Crippen LogP contribution in [0, 0.1) is 0 Å². The monoisotopic (exact) mass is 214 g/mol. The smallest absolute Gasteiger partial charge is 0.223 e. The Morgan fingerprint density at radius 3 is 2.25 bits per heavy atom. The van der Waals surface area contributed by atoms with E-state index in [0.717, 1.165) is 0 Å². The summed E-state index contributed by atoms with van der Waals surface area (Å²) in [6.07, 6.45) is -4.09. The van der Waals surface area contributed by atoms with Gasteiger partial charge in [-0.3, -0.25) is 0 Å². The molecular formula is C6H13F3OSi2. The van der Waals surface area contributed by atoms with Gasteiger partial charge in [0.05, 0.1) is 0 Å². The lowest BCUT2D eigenvalue weighted by atomic mass is 10.4. The van der Waals surface area contributed by atoms with Crippen molar-refractivity contribution in [1.82, 2.24) is 0 Å². The van der Waals surface area contributed by atoms with Crippen LogP contribution in [0.25, 0.3) is 0 Å². The summed E-state index contributed by atoms with van der Waals surface area (Å²) in [4.78, 5) is 0. The van der Waals surface area contributed by atoms with Crippen molar-refractivity contribution in [3.05, 3.63) is 0 Å². The van der Waals surface area contributed by atoms with Crippen molar-refractivity contribution in [3.8, 4) is 0 Å². The molecule has 1 saturated heterocycles. The van der Waals surface area contributed by atoms with Crippen LogP contribution in [-0.2, 0) is 4.43 Å². The van der Waals surface area contributed by atoms with Crippen molar-refractivity contribution >= 4 is 16.1 Å². The van der Waals surface area contributed by atoms with Crippen LogP contribution in [0.5, 0.6) is 0 Å². The first kappa shape index (κ1) is 10.3. The Hall–Kier alpha value is 0.184. The van der Waals surface area contributed by atoms with Gasteiger partial charge in [-0.05, 0) is 0 Å². The molecule has 72 valence electrons. The van der Waals surface area contributed by atoms with Gasteiger partial charge in [0.25, 0.3) is 0 Å². The Bertz CT molecular complexity index is 178. The fourth-order valence-electron chi connectivity index (χ4n) is 1.21. The maximum absolute atomic E-state index is 13.3. The zero-order valence-corrected chi connectivity index (χ0v) is 9.51. The van der Waals surface area contributed by atoms with E-state index in [-0.39, 0.29) is 0 Å². The average molecular weight is 214 g/mol. The van der Waals surface area contributed by atoms with Gasteiger partial charge in [-0.15, -0.1) is 0 Å². The zero-order chi connectivity index (χ0) is 9.52. The molecular weight excluding hydrogens is 201 g/mol. The predicted molar refractivity (Wildman–Crippen MR) is 46.3 cm³/mol. The fourth-order valence-corrected chi connectivity index (χ4v) is 6.86. The largest absolute Gasteiger partial charge is 0.393 e. The van der Waals surface area contributed by atoms with Crippen LogP contribution in [0.4, 0.5) is 13.2 Å². The summed E-state index contributed by atoms with van der Waals surface area (Å²) in [7, 11) is -4.08. The molecule has 1 aliphatic heterocycles. The number of hydrogen-bond donors (Lipinski definition) is 0. The van der Waals surface area contributed by atoms with Crippen LogP contribution in [0.2, 0.25) is 19.6 Å². The third kappa shape index (κ3) is 1.47. The van der Waals surface area contributed by atoms with Gasteiger partial charge >= 0.3 is 0 Å². The van der Waals surface area contributed by atoms with Crippen LogP contribution in [-0.4, -0.2) is 34.5 Å². The van der Waals surface area contributed by atoms with E-state index in [2.05, 4.69) is 0 Å². The van der Waals surface area contributed by atoms with Crippen molar-refractivity contribution in [2.24, 2.45) is 0 Å². The third-order valence-electron chi connectivity index (χ3n) is 2.62. The number of rotatable bonds is 0. The predicted octanol–water partition coefficient (Wildman–Crippen LogP) is 1.67. The van der Waals surface area contributed by atoms with Gasteiger partial charge in [-0.1, -0.05) is 19.6 Å². The molecule has 0 bridgehead atoms. The number of alkyl halides is 3. The Kier molecular flexibility index (Phi) is 2.70. The Balaban J connectivity index is 2.80. The molecule has 1 aliphatic rings. The molecule has 1 nitrogen and oxygen atoms in total. The molecule has 0 radical (unpaired) electrons.